The third kappa shape index (κ3) is 3.48. The highest BCUT2D eigenvalue weighted by Crippen LogP contribution is 2.36. The Balaban J connectivity index is 1.61. The van der Waals surface area contributed by atoms with E-state index in [2.05, 4.69) is 105 Å². The Morgan fingerprint density at radius 3 is 2.59 bits per heavy atom. The van der Waals surface area contributed by atoms with Gasteiger partial charge in [0.05, 0.1) is 6.04 Å². The van der Waals surface area contributed by atoms with Crippen LogP contribution in [-0.4, -0.2) is 7.05 Å². The summed E-state index contributed by atoms with van der Waals surface area (Å²) in [5, 5.41) is 0. The van der Waals surface area contributed by atoms with E-state index in [1.54, 1.807) is 0 Å². The van der Waals surface area contributed by atoms with Crippen molar-refractivity contribution in [2.75, 3.05) is 11.9 Å². The standard InChI is InChI=1S/C25H25NO/c1-18-12-13-19(2)25(16-18)27-17-21-9-4-6-10-22(21)24-15-14-20-8-5-7-11-23(20)26(24)3/h4-16,24H,17H2,1-3H3. The first kappa shape index (κ1) is 17.4. The Morgan fingerprint density at radius 1 is 0.926 bits per heavy atom. The van der Waals surface area contributed by atoms with Gasteiger partial charge < -0.3 is 9.64 Å². The number of nitrogens with zero attached hydrogens (tertiary/aromatic N) is 1. The van der Waals surface area contributed by atoms with Crippen molar-refractivity contribution < 1.29 is 4.74 Å². The lowest BCUT2D eigenvalue weighted by Gasteiger charge is -2.33. The van der Waals surface area contributed by atoms with E-state index < -0.39 is 0 Å². The minimum absolute atomic E-state index is 0.207. The van der Waals surface area contributed by atoms with Crippen LogP contribution < -0.4 is 9.64 Å². The minimum atomic E-state index is 0.207. The summed E-state index contributed by atoms with van der Waals surface area (Å²) in [6.07, 6.45) is 4.50. The van der Waals surface area contributed by atoms with Crippen molar-refractivity contribution in [1.82, 2.24) is 0 Å². The molecule has 3 aromatic carbocycles. The maximum atomic E-state index is 6.20. The summed E-state index contributed by atoms with van der Waals surface area (Å²) in [5.74, 6) is 0.961. The molecule has 2 nitrogen and oxygen atoms in total. The van der Waals surface area contributed by atoms with Crippen LogP contribution in [-0.2, 0) is 6.61 Å². The Bertz CT molecular complexity index is 989. The Morgan fingerprint density at radius 2 is 1.70 bits per heavy atom. The van der Waals surface area contributed by atoms with Crippen LogP contribution in [0.1, 0.15) is 33.9 Å². The van der Waals surface area contributed by atoms with E-state index in [0.717, 1.165) is 5.75 Å². The predicted molar refractivity (Wildman–Crippen MR) is 113 cm³/mol. The fourth-order valence-electron chi connectivity index (χ4n) is 3.71. The molecule has 0 saturated heterocycles. The highest BCUT2D eigenvalue weighted by Gasteiger charge is 2.22. The van der Waals surface area contributed by atoms with E-state index >= 15 is 0 Å². The van der Waals surface area contributed by atoms with E-state index in [9.17, 15) is 0 Å². The number of fused-ring (bicyclic) bond motifs is 1. The number of ether oxygens (including phenoxy) is 1. The lowest BCUT2D eigenvalue weighted by atomic mass is 9.94. The van der Waals surface area contributed by atoms with Gasteiger partial charge in [-0.15, -0.1) is 0 Å². The molecule has 1 unspecified atom stereocenters. The van der Waals surface area contributed by atoms with Crippen LogP contribution in [0.3, 0.4) is 0 Å². The van der Waals surface area contributed by atoms with Gasteiger partial charge in [-0.3, -0.25) is 0 Å². The lowest BCUT2D eigenvalue weighted by molar-refractivity contribution is 0.302. The summed E-state index contributed by atoms with van der Waals surface area (Å²) in [6.45, 7) is 4.76. The van der Waals surface area contributed by atoms with E-state index in [1.807, 2.05) is 0 Å². The molecule has 0 aliphatic carbocycles. The van der Waals surface area contributed by atoms with Gasteiger partial charge in [0.2, 0.25) is 0 Å². The average Bonchev–Trinajstić information content (AvgIpc) is 2.70. The molecule has 1 atom stereocenters. The first-order chi connectivity index (χ1) is 13.1. The summed E-state index contributed by atoms with van der Waals surface area (Å²) in [5.41, 5.74) is 7.42. The Labute approximate surface area is 161 Å². The molecule has 136 valence electrons. The molecule has 0 radical (unpaired) electrons. The second-order valence-corrected chi connectivity index (χ2v) is 7.23. The van der Waals surface area contributed by atoms with Gasteiger partial charge in [0, 0.05) is 12.7 Å². The van der Waals surface area contributed by atoms with Gasteiger partial charge in [0.25, 0.3) is 0 Å². The highest BCUT2D eigenvalue weighted by atomic mass is 16.5. The lowest BCUT2D eigenvalue weighted by Crippen LogP contribution is -2.26. The minimum Gasteiger partial charge on any atom is -0.489 e. The monoisotopic (exact) mass is 355 g/mol. The Kier molecular flexibility index (Phi) is 4.72. The van der Waals surface area contributed by atoms with Crippen LogP contribution in [0.4, 0.5) is 5.69 Å². The molecule has 0 aromatic heterocycles. The molecule has 1 heterocycles. The summed E-state index contributed by atoms with van der Waals surface area (Å²) >= 11 is 0. The molecule has 1 aliphatic heterocycles. The van der Waals surface area contributed by atoms with Crippen molar-refractivity contribution in [3.63, 3.8) is 0 Å². The Hall–Kier alpha value is -3.00. The van der Waals surface area contributed by atoms with Crippen molar-refractivity contribution in [2.24, 2.45) is 0 Å². The normalized spacial score (nSPS) is 15.5. The zero-order valence-corrected chi connectivity index (χ0v) is 16.1. The van der Waals surface area contributed by atoms with Gasteiger partial charge >= 0.3 is 0 Å². The number of hydrogen-bond donors (Lipinski definition) is 0. The highest BCUT2D eigenvalue weighted by molar-refractivity contribution is 5.72. The van der Waals surface area contributed by atoms with Crippen molar-refractivity contribution in [3.05, 3.63) is 101 Å². The second-order valence-electron chi connectivity index (χ2n) is 7.23. The van der Waals surface area contributed by atoms with Crippen LogP contribution >= 0.6 is 0 Å². The molecule has 0 saturated carbocycles. The van der Waals surface area contributed by atoms with Gasteiger partial charge in [-0.05, 0) is 53.8 Å². The van der Waals surface area contributed by atoms with E-state index in [4.69, 9.17) is 4.74 Å². The SMILES string of the molecule is Cc1ccc(C)c(OCc2ccccc2C2C=Cc3ccccc3N2C)c1. The third-order valence-corrected chi connectivity index (χ3v) is 5.29. The number of hydrogen-bond acceptors (Lipinski definition) is 2. The van der Waals surface area contributed by atoms with Crippen molar-refractivity contribution in [1.29, 1.82) is 0 Å². The summed E-state index contributed by atoms with van der Waals surface area (Å²) in [4.78, 5) is 2.34. The molecule has 27 heavy (non-hydrogen) atoms. The molecule has 0 N–H and O–H groups in total. The molecule has 2 heteroatoms. The largest absolute Gasteiger partial charge is 0.489 e. The molecule has 0 spiro atoms. The number of aryl methyl sites for hydroxylation is 2. The number of rotatable bonds is 4. The number of likely N-dealkylation sites (N-methyl/N-ethyl adjacent to an activating group) is 1. The van der Waals surface area contributed by atoms with Crippen molar-refractivity contribution in [3.8, 4) is 5.75 Å². The third-order valence-electron chi connectivity index (χ3n) is 5.29. The second kappa shape index (κ2) is 7.32. The molecule has 4 rings (SSSR count). The molecule has 3 aromatic rings. The van der Waals surface area contributed by atoms with Crippen LogP contribution in [0.2, 0.25) is 0 Å². The summed E-state index contributed by atoms with van der Waals surface area (Å²) in [7, 11) is 2.16. The molecular formula is C25H25NO. The maximum absolute atomic E-state index is 6.20. The van der Waals surface area contributed by atoms with Gasteiger partial charge in [-0.2, -0.15) is 0 Å². The summed E-state index contributed by atoms with van der Waals surface area (Å²) < 4.78 is 6.20. The van der Waals surface area contributed by atoms with Crippen LogP contribution in [0.25, 0.3) is 6.08 Å². The molecular weight excluding hydrogens is 330 g/mol. The molecule has 0 fully saturated rings. The van der Waals surface area contributed by atoms with Crippen LogP contribution in [0.15, 0.2) is 72.8 Å². The van der Waals surface area contributed by atoms with E-state index in [1.165, 1.54) is 33.5 Å². The zero-order chi connectivity index (χ0) is 18.8. The molecule has 1 aliphatic rings. The van der Waals surface area contributed by atoms with Gasteiger partial charge in [-0.25, -0.2) is 0 Å². The van der Waals surface area contributed by atoms with Gasteiger partial charge in [0.15, 0.2) is 0 Å². The fraction of sp³-hybridized carbons (Fsp3) is 0.200. The van der Waals surface area contributed by atoms with Crippen molar-refractivity contribution in [2.45, 2.75) is 26.5 Å². The molecule has 0 amide bonds. The zero-order valence-electron chi connectivity index (χ0n) is 16.1. The first-order valence-electron chi connectivity index (χ1n) is 9.41. The molecule has 0 bridgehead atoms. The van der Waals surface area contributed by atoms with E-state index in [-0.39, 0.29) is 6.04 Å². The predicted octanol–water partition coefficient (Wildman–Crippen LogP) is 6.09. The first-order valence-corrected chi connectivity index (χ1v) is 9.41. The fourth-order valence-corrected chi connectivity index (χ4v) is 3.71. The number of benzene rings is 3. The van der Waals surface area contributed by atoms with Crippen LogP contribution in [0.5, 0.6) is 5.75 Å². The topological polar surface area (TPSA) is 12.5 Å². The van der Waals surface area contributed by atoms with E-state index in [0.29, 0.717) is 6.61 Å². The van der Waals surface area contributed by atoms with Crippen LogP contribution in [0, 0.1) is 13.8 Å². The van der Waals surface area contributed by atoms with Crippen molar-refractivity contribution >= 4 is 11.8 Å². The van der Waals surface area contributed by atoms with Gasteiger partial charge in [0.1, 0.15) is 12.4 Å². The smallest absolute Gasteiger partial charge is 0.122 e. The van der Waals surface area contributed by atoms with Gasteiger partial charge in [-0.1, -0.05) is 66.7 Å². The average molecular weight is 355 g/mol. The quantitative estimate of drug-likeness (QED) is 0.562. The number of para-hydroxylation sites is 1. The summed E-state index contributed by atoms with van der Waals surface area (Å²) in [6, 6.07) is 23.7. The number of anilines is 1. The maximum Gasteiger partial charge on any atom is 0.122 e.